The third-order valence-corrected chi connectivity index (χ3v) is 2.85. The quantitative estimate of drug-likeness (QED) is 0.862. The average Bonchev–Trinajstić information content (AvgIpc) is 2.12. The molecule has 1 rings (SSSR count). The highest BCUT2D eigenvalue weighted by Gasteiger charge is 2.35. The van der Waals surface area contributed by atoms with Crippen LogP contribution in [-0.2, 0) is 10.0 Å². The molecule has 6 nitrogen and oxygen atoms in total. The molecule has 0 amide bonds. The van der Waals surface area contributed by atoms with Gasteiger partial charge in [-0.1, -0.05) is 0 Å². The topological polar surface area (TPSA) is 96.4 Å². The van der Waals surface area contributed by atoms with Gasteiger partial charge in [-0.15, -0.1) is 0 Å². The number of rotatable bonds is 4. The van der Waals surface area contributed by atoms with Crippen LogP contribution < -0.4 is 4.72 Å². The van der Waals surface area contributed by atoms with Gasteiger partial charge in [0.15, 0.2) is 5.75 Å². The molecule has 18 heavy (non-hydrogen) atoms. The zero-order valence-corrected chi connectivity index (χ0v) is 9.42. The van der Waals surface area contributed by atoms with Gasteiger partial charge in [-0.05, 0) is 12.1 Å². The fraction of sp³-hybridized carbons (Fsp3) is 0.250. The summed E-state index contributed by atoms with van der Waals surface area (Å²) in [6.45, 7) is 0. The number of pyridine rings is 1. The van der Waals surface area contributed by atoms with Crippen molar-refractivity contribution in [3.05, 3.63) is 23.9 Å². The molecule has 0 fully saturated rings. The van der Waals surface area contributed by atoms with Gasteiger partial charge in [-0.25, -0.2) is 18.2 Å². The number of sulfonamides is 1. The minimum Gasteiger partial charge on any atom is -0.478 e. The third-order valence-electron chi connectivity index (χ3n) is 1.62. The molecule has 0 aromatic carbocycles. The number of carboxylic acid groups (broad SMARTS) is 1. The number of carboxylic acids is 1. The molecule has 0 unspecified atom stereocenters. The number of nitrogens with one attached hydrogen (secondary N) is 1. The number of hydrogen-bond donors (Lipinski definition) is 2. The number of aromatic nitrogens is 1. The maximum absolute atomic E-state index is 11.9. The minimum atomic E-state index is -4.89. The van der Waals surface area contributed by atoms with Gasteiger partial charge in [-0.3, -0.25) is 4.72 Å². The van der Waals surface area contributed by atoms with Crippen molar-refractivity contribution < 1.29 is 31.5 Å². The summed E-state index contributed by atoms with van der Waals surface area (Å²) in [5.41, 5.74) is -0.297. The zero-order chi connectivity index (χ0) is 14.0. The molecule has 0 bridgehead atoms. The molecular weight excluding hydrogens is 277 g/mol. The molecule has 0 aliphatic carbocycles. The molecule has 0 saturated heterocycles. The molecule has 0 saturated carbocycles. The Labute approximate surface area is 99.5 Å². The smallest absolute Gasteiger partial charge is 0.404 e. The van der Waals surface area contributed by atoms with Gasteiger partial charge in [0.2, 0.25) is 10.0 Å². The lowest BCUT2D eigenvalue weighted by atomic mass is 10.3. The van der Waals surface area contributed by atoms with E-state index in [1.165, 1.54) is 0 Å². The van der Waals surface area contributed by atoms with E-state index in [-0.39, 0.29) is 5.56 Å². The number of nitrogens with zero attached hydrogens (tertiary/aromatic N) is 1. The van der Waals surface area contributed by atoms with Gasteiger partial charge >= 0.3 is 12.1 Å². The number of hydrogen-bond acceptors (Lipinski definition) is 4. The van der Waals surface area contributed by atoms with Crippen LogP contribution in [0.1, 0.15) is 10.4 Å². The fourth-order valence-corrected chi connectivity index (χ4v) is 1.96. The second-order valence-corrected chi connectivity index (χ2v) is 4.93. The average molecular weight is 284 g/mol. The Morgan fingerprint density at radius 2 is 2.06 bits per heavy atom. The molecule has 0 aliphatic heterocycles. The summed E-state index contributed by atoms with van der Waals surface area (Å²) < 4.78 is 59.5. The maximum Gasteiger partial charge on any atom is 0.404 e. The van der Waals surface area contributed by atoms with Crippen LogP contribution in [0.15, 0.2) is 18.3 Å². The highest BCUT2D eigenvalue weighted by molar-refractivity contribution is 7.92. The molecular formula is C8H7F3N2O4S. The highest BCUT2D eigenvalue weighted by atomic mass is 32.2. The Morgan fingerprint density at radius 3 is 2.56 bits per heavy atom. The summed E-state index contributed by atoms with van der Waals surface area (Å²) in [5.74, 6) is -3.91. The first-order valence-corrected chi connectivity index (χ1v) is 6.01. The van der Waals surface area contributed by atoms with E-state index in [4.69, 9.17) is 5.11 Å². The van der Waals surface area contributed by atoms with Gasteiger partial charge in [0.25, 0.3) is 0 Å². The number of halogens is 3. The first kappa shape index (κ1) is 14.2. The third kappa shape index (κ3) is 4.57. The Balaban J connectivity index is 2.91. The number of aromatic carboxylic acids is 1. The van der Waals surface area contributed by atoms with Crippen molar-refractivity contribution in [2.24, 2.45) is 0 Å². The molecule has 0 atom stereocenters. The monoisotopic (exact) mass is 284 g/mol. The predicted molar refractivity (Wildman–Crippen MR) is 54.7 cm³/mol. The standard InChI is InChI=1S/C8H7F3N2O4S/c9-8(10,11)4-18(16,17)13-6-3-5(7(14)15)1-2-12-6/h1-3H,4H2,(H,12,13)(H,14,15). The lowest BCUT2D eigenvalue weighted by Gasteiger charge is -2.09. The molecule has 0 spiro atoms. The second kappa shape index (κ2) is 4.80. The van der Waals surface area contributed by atoms with Gasteiger partial charge in [0, 0.05) is 6.20 Å². The summed E-state index contributed by atoms with van der Waals surface area (Å²) in [7, 11) is -4.67. The van der Waals surface area contributed by atoms with Crippen LogP contribution in [-0.4, -0.2) is 36.4 Å². The summed E-state index contributed by atoms with van der Waals surface area (Å²) in [4.78, 5) is 14.0. The number of anilines is 1. The Morgan fingerprint density at radius 1 is 1.44 bits per heavy atom. The first-order valence-electron chi connectivity index (χ1n) is 4.36. The number of alkyl halides is 3. The van der Waals surface area contributed by atoms with Gasteiger partial charge < -0.3 is 5.11 Å². The van der Waals surface area contributed by atoms with Crippen LogP contribution in [0, 0.1) is 0 Å². The SMILES string of the molecule is O=C(O)c1ccnc(NS(=O)(=O)CC(F)(F)F)c1. The van der Waals surface area contributed by atoms with Crippen LogP contribution in [0.4, 0.5) is 19.0 Å². The molecule has 100 valence electrons. The van der Waals surface area contributed by atoms with Crippen molar-refractivity contribution in [1.82, 2.24) is 4.98 Å². The summed E-state index contributed by atoms with van der Waals surface area (Å²) >= 11 is 0. The van der Waals surface area contributed by atoms with E-state index < -0.39 is 33.7 Å². The van der Waals surface area contributed by atoms with Gasteiger partial charge in [0.1, 0.15) is 5.82 Å². The van der Waals surface area contributed by atoms with Crippen LogP contribution in [0.3, 0.4) is 0 Å². The molecule has 10 heteroatoms. The Kier molecular flexibility index (Phi) is 3.79. The fourth-order valence-electron chi connectivity index (χ4n) is 1.03. The lowest BCUT2D eigenvalue weighted by molar-refractivity contribution is -0.106. The lowest BCUT2D eigenvalue weighted by Crippen LogP contribution is -2.28. The summed E-state index contributed by atoms with van der Waals surface area (Å²) in [5, 5.41) is 8.61. The van der Waals surface area contributed by atoms with Crippen LogP contribution in [0.25, 0.3) is 0 Å². The van der Waals surface area contributed by atoms with Gasteiger partial charge in [-0.2, -0.15) is 13.2 Å². The highest BCUT2D eigenvalue weighted by Crippen LogP contribution is 2.18. The van der Waals surface area contributed by atoms with Crippen molar-refractivity contribution in [2.45, 2.75) is 6.18 Å². The zero-order valence-electron chi connectivity index (χ0n) is 8.60. The van der Waals surface area contributed by atoms with Crippen LogP contribution in [0.5, 0.6) is 0 Å². The molecule has 0 radical (unpaired) electrons. The van der Waals surface area contributed by atoms with Crippen molar-refractivity contribution >= 4 is 21.8 Å². The van der Waals surface area contributed by atoms with E-state index in [1.807, 2.05) is 0 Å². The summed E-state index contributed by atoms with van der Waals surface area (Å²) in [6, 6.07) is 1.89. The normalized spacial score (nSPS) is 12.2. The molecule has 0 aliphatic rings. The summed E-state index contributed by atoms with van der Waals surface area (Å²) in [6.07, 6.45) is -3.93. The molecule has 2 N–H and O–H groups in total. The van der Waals surface area contributed by atoms with E-state index >= 15 is 0 Å². The van der Waals surface area contributed by atoms with E-state index in [1.54, 1.807) is 4.72 Å². The Bertz CT molecular complexity index is 556. The van der Waals surface area contributed by atoms with Crippen LogP contribution in [0.2, 0.25) is 0 Å². The first-order chi connectivity index (χ1) is 8.09. The second-order valence-electron chi connectivity index (χ2n) is 3.21. The van der Waals surface area contributed by atoms with E-state index in [2.05, 4.69) is 4.98 Å². The van der Waals surface area contributed by atoms with Crippen molar-refractivity contribution in [2.75, 3.05) is 10.5 Å². The predicted octanol–water partition coefficient (Wildman–Crippen LogP) is 1.08. The number of carbonyl (C=O) groups is 1. The van der Waals surface area contributed by atoms with Crippen molar-refractivity contribution in [3.63, 3.8) is 0 Å². The minimum absolute atomic E-state index is 0.297. The van der Waals surface area contributed by atoms with Crippen LogP contribution >= 0.6 is 0 Å². The largest absolute Gasteiger partial charge is 0.478 e. The van der Waals surface area contributed by atoms with E-state index in [0.29, 0.717) is 0 Å². The molecule has 1 aromatic rings. The Hall–Kier alpha value is -1.84. The van der Waals surface area contributed by atoms with Gasteiger partial charge in [0.05, 0.1) is 5.56 Å². The van der Waals surface area contributed by atoms with E-state index in [0.717, 1.165) is 18.3 Å². The maximum atomic E-state index is 11.9. The van der Waals surface area contributed by atoms with E-state index in [9.17, 15) is 26.4 Å². The molecule has 1 aromatic heterocycles. The molecule has 1 heterocycles. The van der Waals surface area contributed by atoms with Crippen molar-refractivity contribution in [1.29, 1.82) is 0 Å². The van der Waals surface area contributed by atoms with Crippen molar-refractivity contribution in [3.8, 4) is 0 Å².